The molecular formula is C29H32N2O6. The van der Waals surface area contributed by atoms with E-state index in [1.165, 1.54) is 6.07 Å². The number of carbonyl (C=O) groups is 1. The molecule has 1 aliphatic rings. The second kappa shape index (κ2) is 9.84. The van der Waals surface area contributed by atoms with Gasteiger partial charge in [0.2, 0.25) is 0 Å². The van der Waals surface area contributed by atoms with E-state index < -0.39 is 5.63 Å². The van der Waals surface area contributed by atoms with E-state index in [-0.39, 0.29) is 18.1 Å². The molecule has 0 aliphatic carbocycles. The molecule has 194 valence electrons. The minimum atomic E-state index is -0.402. The summed E-state index contributed by atoms with van der Waals surface area (Å²) in [6, 6.07) is 9.19. The number of carbonyl (C=O) groups excluding carboxylic acids is 1. The van der Waals surface area contributed by atoms with Gasteiger partial charge < -0.3 is 28.9 Å². The highest BCUT2D eigenvalue weighted by Gasteiger charge is 2.30. The third kappa shape index (κ3) is 5.01. The summed E-state index contributed by atoms with van der Waals surface area (Å²) in [5.74, 6) is 1.66. The molecule has 0 saturated heterocycles. The SMILES string of the molecule is CCc1cc(=O)oc2c3c(cc(OCC(=O)NCCc4c[nH]c5ccc(OC)cc45)c12)OC(C)(C)CC3. The molecule has 0 saturated carbocycles. The standard InChI is InChI=1S/C29H32N2O6/c1-5-17-12-26(33)36-28-20-8-10-29(2,3)37-23(20)14-24(27(17)28)35-16-25(32)30-11-9-18-15-31-22-7-6-19(34-4)13-21(18)22/h6-7,12-15,31H,5,8-11,16H2,1-4H3,(H,30,32). The Morgan fingerprint density at radius 1 is 1.19 bits per heavy atom. The summed E-state index contributed by atoms with van der Waals surface area (Å²) >= 11 is 0. The van der Waals surface area contributed by atoms with Crippen LogP contribution < -0.4 is 25.2 Å². The second-order valence-corrected chi connectivity index (χ2v) is 9.98. The Balaban J connectivity index is 1.32. The number of rotatable bonds is 8. The maximum Gasteiger partial charge on any atom is 0.336 e. The number of methoxy groups -OCH3 is 1. The topological polar surface area (TPSA) is 103 Å². The Kier molecular flexibility index (Phi) is 6.58. The van der Waals surface area contributed by atoms with Gasteiger partial charge in [-0.1, -0.05) is 6.92 Å². The highest BCUT2D eigenvalue weighted by Crippen LogP contribution is 2.42. The molecule has 1 aliphatic heterocycles. The predicted molar refractivity (Wildman–Crippen MR) is 142 cm³/mol. The first kappa shape index (κ1) is 24.7. The molecule has 0 fully saturated rings. The molecule has 37 heavy (non-hydrogen) atoms. The molecule has 8 heteroatoms. The smallest absolute Gasteiger partial charge is 0.336 e. The Labute approximate surface area is 214 Å². The number of amides is 1. The largest absolute Gasteiger partial charge is 0.497 e. The Hall–Kier alpha value is -3.94. The van der Waals surface area contributed by atoms with E-state index >= 15 is 0 Å². The Morgan fingerprint density at radius 3 is 2.81 bits per heavy atom. The van der Waals surface area contributed by atoms with Crippen LogP contribution in [0.25, 0.3) is 21.9 Å². The van der Waals surface area contributed by atoms with Crippen molar-refractivity contribution >= 4 is 27.8 Å². The van der Waals surface area contributed by atoms with E-state index in [9.17, 15) is 9.59 Å². The zero-order chi connectivity index (χ0) is 26.2. The minimum absolute atomic E-state index is 0.165. The first-order valence-corrected chi connectivity index (χ1v) is 12.6. The van der Waals surface area contributed by atoms with Crippen LogP contribution >= 0.6 is 0 Å². The highest BCUT2D eigenvalue weighted by atomic mass is 16.5. The lowest BCUT2D eigenvalue weighted by Crippen LogP contribution is -2.33. The summed E-state index contributed by atoms with van der Waals surface area (Å²) in [5.41, 5.74) is 3.55. The molecule has 2 N–H and O–H groups in total. The molecule has 2 aromatic heterocycles. The Bertz CT molecular complexity index is 1530. The van der Waals surface area contributed by atoms with Crippen molar-refractivity contribution in [3.05, 3.63) is 63.6 Å². The van der Waals surface area contributed by atoms with Gasteiger partial charge in [-0.3, -0.25) is 4.79 Å². The van der Waals surface area contributed by atoms with E-state index in [2.05, 4.69) is 10.3 Å². The van der Waals surface area contributed by atoms with Gasteiger partial charge in [0.15, 0.2) is 6.61 Å². The molecule has 0 bridgehead atoms. The lowest BCUT2D eigenvalue weighted by atomic mass is 9.92. The van der Waals surface area contributed by atoms with Crippen LogP contribution in [0.5, 0.6) is 17.2 Å². The van der Waals surface area contributed by atoms with Gasteiger partial charge in [0, 0.05) is 41.3 Å². The van der Waals surface area contributed by atoms with Crippen molar-refractivity contribution in [3.63, 3.8) is 0 Å². The second-order valence-electron chi connectivity index (χ2n) is 9.98. The van der Waals surface area contributed by atoms with Crippen LogP contribution in [0.1, 0.15) is 43.9 Å². The van der Waals surface area contributed by atoms with Gasteiger partial charge in [-0.05, 0) is 68.9 Å². The molecule has 1 amide bonds. The summed E-state index contributed by atoms with van der Waals surface area (Å²) in [5, 5.41) is 4.73. The Morgan fingerprint density at radius 2 is 2.03 bits per heavy atom. The van der Waals surface area contributed by atoms with E-state index in [0.717, 1.165) is 51.6 Å². The van der Waals surface area contributed by atoms with E-state index in [4.69, 9.17) is 18.6 Å². The van der Waals surface area contributed by atoms with Gasteiger partial charge in [0.1, 0.15) is 28.4 Å². The van der Waals surface area contributed by atoms with E-state index in [1.807, 2.05) is 51.2 Å². The number of aromatic amines is 1. The number of ether oxygens (including phenoxy) is 3. The van der Waals surface area contributed by atoms with Crippen molar-refractivity contribution in [2.24, 2.45) is 0 Å². The van der Waals surface area contributed by atoms with Crippen molar-refractivity contribution < 1.29 is 23.4 Å². The summed E-state index contributed by atoms with van der Waals surface area (Å²) in [4.78, 5) is 28.2. The number of aryl methyl sites for hydroxylation is 2. The minimum Gasteiger partial charge on any atom is -0.497 e. The summed E-state index contributed by atoms with van der Waals surface area (Å²) in [6.07, 6.45) is 4.78. The summed E-state index contributed by atoms with van der Waals surface area (Å²) in [7, 11) is 1.64. The van der Waals surface area contributed by atoms with Gasteiger partial charge in [-0.2, -0.15) is 0 Å². The molecule has 0 atom stereocenters. The van der Waals surface area contributed by atoms with Crippen LogP contribution in [-0.2, 0) is 24.1 Å². The van der Waals surface area contributed by atoms with Crippen LogP contribution in [-0.4, -0.2) is 36.8 Å². The van der Waals surface area contributed by atoms with E-state index in [1.54, 1.807) is 7.11 Å². The maximum atomic E-state index is 12.7. The molecule has 3 heterocycles. The van der Waals surface area contributed by atoms with Gasteiger partial charge in [-0.25, -0.2) is 4.79 Å². The van der Waals surface area contributed by atoms with Crippen LogP contribution in [0.4, 0.5) is 0 Å². The monoisotopic (exact) mass is 504 g/mol. The number of fused-ring (bicyclic) bond motifs is 4. The first-order chi connectivity index (χ1) is 17.8. The molecule has 0 radical (unpaired) electrons. The lowest BCUT2D eigenvalue weighted by Gasteiger charge is -2.33. The van der Waals surface area contributed by atoms with Crippen LogP contribution in [0, 0.1) is 0 Å². The van der Waals surface area contributed by atoms with Crippen molar-refractivity contribution in [2.75, 3.05) is 20.3 Å². The van der Waals surface area contributed by atoms with Crippen molar-refractivity contribution in [2.45, 2.75) is 52.1 Å². The normalized spacial score (nSPS) is 14.3. The fourth-order valence-corrected chi connectivity index (χ4v) is 4.93. The quantitative estimate of drug-likeness (QED) is 0.338. The van der Waals surface area contributed by atoms with Crippen LogP contribution in [0.3, 0.4) is 0 Å². The number of nitrogens with one attached hydrogen (secondary N) is 2. The van der Waals surface area contributed by atoms with Crippen molar-refractivity contribution in [1.82, 2.24) is 10.3 Å². The number of benzene rings is 2. The maximum absolute atomic E-state index is 12.7. The molecular weight excluding hydrogens is 472 g/mol. The fraction of sp³-hybridized carbons (Fsp3) is 0.379. The lowest BCUT2D eigenvalue weighted by molar-refractivity contribution is -0.123. The third-order valence-electron chi connectivity index (χ3n) is 6.92. The van der Waals surface area contributed by atoms with Gasteiger partial charge in [0.05, 0.1) is 12.5 Å². The first-order valence-electron chi connectivity index (χ1n) is 12.6. The third-order valence-corrected chi connectivity index (χ3v) is 6.92. The molecule has 2 aromatic carbocycles. The predicted octanol–water partition coefficient (Wildman–Crippen LogP) is 4.69. The zero-order valence-electron chi connectivity index (χ0n) is 21.7. The van der Waals surface area contributed by atoms with Gasteiger partial charge in [0.25, 0.3) is 5.91 Å². The number of aromatic nitrogens is 1. The van der Waals surface area contributed by atoms with Crippen molar-refractivity contribution in [1.29, 1.82) is 0 Å². The van der Waals surface area contributed by atoms with Gasteiger partial charge in [-0.15, -0.1) is 0 Å². The molecule has 4 aromatic rings. The molecule has 8 nitrogen and oxygen atoms in total. The van der Waals surface area contributed by atoms with Crippen LogP contribution in [0.15, 0.2) is 45.7 Å². The highest BCUT2D eigenvalue weighted by molar-refractivity contribution is 5.92. The van der Waals surface area contributed by atoms with Gasteiger partial charge >= 0.3 is 5.63 Å². The summed E-state index contributed by atoms with van der Waals surface area (Å²) < 4.78 is 23.2. The average Bonchev–Trinajstić information content (AvgIpc) is 3.27. The number of hydrogen-bond donors (Lipinski definition) is 2. The van der Waals surface area contributed by atoms with Crippen LogP contribution in [0.2, 0.25) is 0 Å². The zero-order valence-corrected chi connectivity index (χ0v) is 21.7. The van der Waals surface area contributed by atoms with Crippen molar-refractivity contribution in [3.8, 4) is 17.2 Å². The molecule has 0 spiro atoms. The number of H-pyrrole nitrogens is 1. The fourth-order valence-electron chi connectivity index (χ4n) is 4.93. The average molecular weight is 505 g/mol. The molecule has 5 rings (SSSR count). The van der Waals surface area contributed by atoms with E-state index in [0.29, 0.717) is 36.5 Å². The molecule has 0 unspecified atom stereocenters. The summed E-state index contributed by atoms with van der Waals surface area (Å²) in [6.45, 7) is 6.32. The number of hydrogen-bond acceptors (Lipinski definition) is 6.